The molecule has 1 heterocycles. The van der Waals surface area contributed by atoms with E-state index in [1.807, 2.05) is 16.9 Å². The van der Waals surface area contributed by atoms with Crippen molar-refractivity contribution in [2.24, 2.45) is 0 Å². The third kappa shape index (κ3) is 2.36. The minimum absolute atomic E-state index is 0.742. The summed E-state index contributed by atoms with van der Waals surface area (Å²) in [7, 11) is 0. The van der Waals surface area contributed by atoms with Gasteiger partial charge in [-0.05, 0) is 18.9 Å². The van der Waals surface area contributed by atoms with Gasteiger partial charge in [0.25, 0.3) is 0 Å². The topological polar surface area (TPSA) is 29.9 Å². The summed E-state index contributed by atoms with van der Waals surface area (Å²) in [5, 5.41) is 7.70. The maximum atomic E-state index is 5.22. The average Bonchev–Trinajstić information content (AvgIpc) is 2.92. The first-order chi connectivity index (χ1) is 6.90. The Labute approximate surface area is 84.5 Å². The second-order valence-corrected chi connectivity index (χ2v) is 3.65. The van der Waals surface area contributed by atoms with E-state index in [9.17, 15) is 0 Å². The van der Waals surface area contributed by atoms with Crippen LogP contribution >= 0.6 is 0 Å². The number of nitrogens with zero attached hydrogens (tertiary/aromatic N) is 2. The van der Waals surface area contributed by atoms with Crippen molar-refractivity contribution in [3.05, 3.63) is 18.0 Å². The van der Waals surface area contributed by atoms with Crippen molar-refractivity contribution in [3.8, 4) is 12.3 Å². The molecule has 0 bridgehead atoms. The van der Waals surface area contributed by atoms with Gasteiger partial charge in [0, 0.05) is 25.2 Å². The van der Waals surface area contributed by atoms with Crippen LogP contribution in [0.5, 0.6) is 0 Å². The van der Waals surface area contributed by atoms with E-state index in [1.165, 1.54) is 18.5 Å². The molecule has 3 heteroatoms. The van der Waals surface area contributed by atoms with Crippen LogP contribution in [0.3, 0.4) is 0 Å². The van der Waals surface area contributed by atoms with E-state index in [0.717, 1.165) is 25.6 Å². The van der Waals surface area contributed by atoms with Crippen molar-refractivity contribution in [1.82, 2.24) is 15.1 Å². The van der Waals surface area contributed by atoms with Crippen LogP contribution in [0.25, 0.3) is 0 Å². The molecule has 0 atom stereocenters. The molecule has 1 fully saturated rings. The maximum absolute atomic E-state index is 5.22. The monoisotopic (exact) mass is 189 g/mol. The molecule has 0 aliphatic heterocycles. The number of hydrogen-bond acceptors (Lipinski definition) is 2. The highest BCUT2D eigenvalue weighted by Crippen LogP contribution is 2.19. The van der Waals surface area contributed by atoms with Gasteiger partial charge in [0.15, 0.2) is 0 Å². The summed E-state index contributed by atoms with van der Waals surface area (Å²) in [5.41, 5.74) is 1.23. The van der Waals surface area contributed by atoms with Crippen molar-refractivity contribution in [2.45, 2.75) is 38.4 Å². The van der Waals surface area contributed by atoms with Crippen LogP contribution in [-0.2, 0) is 13.1 Å². The summed E-state index contributed by atoms with van der Waals surface area (Å²) >= 11 is 0. The fraction of sp³-hybridized carbons (Fsp3) is 0.545. The molecule has 1 aliphatic rings. The summed E-state index contributed by atoms with van der Waals surface area (Å²) in [5.74, 6) is 2.63. The van der Waals surface area contributed by atoms with Gasteiger partial charge in [-0.1, -0.05) is 0 Å². The molecule has 3 nitrogen and oxygen atoms in total. The molecular weight excluding hydrogens is 174 g/mol. The number of rotatable bonds is 5. The largest absolute Gasteiger partial charge is 0.308 e. The molecule has 74 valence electrons. The normalized spacial score (nSPS) is 15.4. The molecule has 1 aliphatic carbocycles. The lowest BCUT2D eigenvalue weighted by molar-refractivity contribution is 0.564. The number of terminal acetylenes is 1. The van der Waals surface area contributed by atoms with Crippen LogP contribution in [0.2, 0.25) is 0 Å². The lowest BCUT2D eigenvalue weighted by Gasteiger charge is -2.06. The van der Waals surface area contributed by atoms with Gasteiger partial charge >= 0.3 is 0 Å². The minimum Gasteiger partial charge on any atom is -0.308 e. The van der Waals surface area contributed by atoms with Crippen molar-refractivity contribution >= 4 is 0 Å². The number of hydrogen-bond donors (Lipinski definition) is 1. The Hall–Kier alpha value is -1.27. The van der Waals surface area contributed by atoms with Crippen molar-refractivity contribution in [1.29, 1.82) is 0 Å². The predicted octanol–water partition coefficient (Wildman–Crippen LogP) is 1.16. The zero-order chi connectivity index (χ0) is 9.80. The standard InChI is InChI=1S/C11H15N3/c1-2-3-8-14-11(6-7-13-14)9-12-10-4-5-10/h1,6-7,10,12H,3-5,8-9H2. The van der Waals surface area contributed by atoms with Gasteiger partial charge in [-0.2, -0.15) is 5.10 Å². The highest BCUT2D eigenvalue weighted by Gasteiger charge is 2.20. The van der Waals surface area contributed by atoms with Gasteiger partial charge in [-0.3, -0.25) is 4.68 Å². The molecule has 1 aromatic heterocycles. The first kappa shape index (κ1) is 9.29. The van der Waals surface area contributed by atoms with Crippen LogP contribution in [0.1, 0.15) is 25.0 Å². The first-order valence-corrected chi connectivity index (χ1v) is 5.07. The molecule has 1 saturated carbocycles. The third-order valence-corrected chi connectivity index (χ3v) is 2.42. The minimum atomic E-state index is 0.742. The van der Waals surface area contributed by atoms with Gasteiger partial charge in [0.05, 0.1) is 12.2 Å². The van der Waals surface area contributed by atoms with E-state index < -0.39 is 0 Å². The Morgan fingerprint density at radius 1 is 1.64 bits per heavy atom. The van der Waals surface area contributed by atoms with Crippen LogP contribution in [0.15, 0.2) is 12.3 Å². The van der Waals surface area contributed by atoms with Gasteiger partial charge in [-0.15, -0.1) is 12.3 Å². The molecule has 0 spiro atoms. The summed E-state index contributed by atoms with van der Waals surface area (Å²) < 4.78 is 1.98. The molecule has 1 N–H and O–H groups in total. The summed E-state index contributed by atoms with van der Waals surface area (Å²) in [4.78, 5) is 0. The zero-order valence-corrected chi connectivity index (χ0v) is 8.24. The fourth-order valence-electron chi connectivity index (χ4n) is 1.42. The quantitative estimate of drug-likeness (QED) is 0.704. The Bertz CT molecular complexity index is 331. The van der Waals surface area contributed by atoms with Gasteiger partial charge in [0.1, 0.15) is 0 Å². The number of nitrogens with one attached hydrogen (secondary N) is 1. The molecule has 0 radical (unpaired) electrons. The molecule has 0 amide bonds. The van der Waals surface area contributed by atoms with Crippen LogP contribution in [-0.4, -0.2) is 15.8 Å². The molecule has 0 aromatic carbocycles. The smallest absolute Gasteiger partial charge is 0.0522 e. The second kappa shape index (κ2) is 4.30. The third-order valence-electron chi connectivity index (χ3n) is 2.42. The van der Waals surface area contributed by atoms with Crippen LogP contribution in [0.4, 0.5) is 0 Å². The second-order valence-electron chi connectivity index (χ2n) is 3.65. The number of aryl methyl sites for hydroxylation is 1. The highest BCUT2D eigenvalue weighted by molar-refractivity contribution is 5.02. The van der Waals surface area contributed by atoms with E-state index >= 15 is 0 Å². The lowest BCUT2D eigenvalue weighted by Crippen LogP contribution is -2.18. The van der Waals surface area contributed by atoms with E-state index in [4.69, 9.17) is 6.42 Å². The lowest BCUT2D eigenvalue weighted by atomic mass is 10.4. The molecule has 2 rings (SSSR count). The fourth-order valence-corrected chi connectivity index (χ4v) is 1.42. The van der Waals surface area contributed by atoms with E-state index in [0.29, 0.717) is 0 Å². The predicted molar refractivity (Wildman–Crippen MR) is 55.5 cm³/mol. The molecule has 0 saturated heterocycles. The summed E-state index contributed by atoms with van der Waals surface area (Å²) in [6, 6.07) is 2.79. The first-order valence-electron chi connectivity index (χ1n) is 5.07. The van der Waals surface area contributed by atoms with Crippen LogP contribution < -0.4 is 5.32 Å². The Morgan fingerprint density at radius 3 is 3.21 bits per heavy atom. The van der Waals surface area contributed by atoms with E-state index in [2.05, 4.69) is 16.3 Å². The summed E-state index contributed by atoms with van der Waals surface area (Å²) in [6.07, 6.45) is 10.4. The van der Waals surface area contributed by atoms with Crippen LogP contribution in [0, 0.1) is 12.3 Å². The molecule has 14 heavy (non-hydrogen) atoms. The molecule has 0 unspecified atom stereocenters. The molecule has 1 aromatic rings. The summed E-state index contributed by atoms with van der Waals surface area (Å²) in [6.45, 7) is 1.74. The van der Waals surface area contributed by atoms with E-state index in [1.54, 1.807) is 0 Å². The Kier molecular flexibility index (Phi) is 2.85. The van der Waals surface area contributed by atoms with Crippen molar-refractivity contribution in [3.63, 3.8) is 0 Å². The molecular formula is C11H15N3. The van der Waals surface area contributed by atoms with Gasteiger partial charge < -0.3 is 5.32 Å². The van der Waals surface area contributed by atoms with Crippen molar-refractivity contribution < 1.29 is 0 Å². The van der Waals surface area contributed by atoms with E-state index in [-0.39, 0.29) is 0 Å². The van der Waals surface area contributed by atoms with Gasteiger partial charge in [0.2, 0.25) is 0 Å². The highest BCUT2D eigenvalue weighted by atomic mass is 15.3. The van der Waals surface area contributed by atoms with Gasteiger partial charge in [-0.25, -0.2) is 0 Å². The Balaban J connectivity index is 1.87. The SMILES string of the molecule is C#CCCn1nccc1CNC1CC1. The zero-order valence-electron chi connectivity index (χ0n) is 8.24. The number of aromatic nitrogens is 2. The van der Waals surface area contributed by atoms with Crippen molar-refractivity contribution in [2.75, 3.05) is 0 Å². The maximum Gasteiger partial charge on any atom is 0.0522 e. The average molecular weight is 189 g/mol. The Morgan fingerprint density at radius 2 is 2.50 bits per heavy atom.